The number of rotatable bonds is 14. The first kappa shape index (κ1) is 34.5. The molecule has 4 unspecified atom stereocenters. The SMILES string of the molecule is CC(C)C(NC(=O)[C@H](C)NC(=O)C(CC(N)=O)NC(=O)C1C(c2ccc3ccccc3c2)CCN1C(=O)CCC(=O)O)C(N)=O. The maximum atomic E-state index is 13.9. The van der Waals surface area contributed by atoms with Crippen LogP contribution in [0.25, 0.3) is 10.8 Å². The average molecular weight is 625 g/mol. The van der Waals surface area contributed by atoms with Crippen LogP contribution in [0.1, 0.15) is 57.9 Å². The first-order valence-corrected chi connectivity index (χ1v) is 14.7. The van der Waals surface area contributed by atoms with E-state index in [1.54, 1.807) is 13.8 Å². The number of nitrogens with one attached hydrogen (secondary N) is 3. The number of carbonyl (C=O) groups is 7. The molecule has 0 bridgehead atoms. The van der Waals surface area contributed by atoms with Gasteiger partial charge in [-0.25, -0.2) is 0 Å². The number of carboxylic acids is 1. The van der Waals surface area contributed by atoms with Gasteiger partial charge in [0, 0.05) is 18.9 Å². The quantitative estimate of drug-likeness (QED) is 0.165. The van der Waals surface area contributed by atoms with Crippen molar-refractivity contribution < 1.29 is 38.7 Å². The van der Waals surface area contributed by atoms with E-state index in [9.17, 15) is 33.6 Å². The molecule has 8 N–H and O–H groups in total. The molecule has 1 aliphatic heterocycles. The minimum Gasteiger partial charge on any atom is -0.481 e. The topological polar surface area (TPSA) is 231 Å². The molecule has 1 fully saturated rings. The van der Waals surface area contributed by atoms with Crippen LogP contribution in [-0.2, 0) is 33.6 Å². The number of carbonyl (C=O) groups excluding carboxylic acids is 6. The standard InChI is InChI=1S/C31H40N6O8/c1-16(2)26(28(33)42)36-29(43)17(3)34-30(44)22(15-23(32)38)35-31(45)27-21(12-13-37(27)24(39)10-11-25(40)41)20-9-8-18-6-4-5-7-19(18)14-20/h4-9,14,16-17,21-22,26-27H,10-13,15H2,1-3H3,(H2,32,38)(H2,33,42)(H,34,44)(H,35,45)(H,36,43)(H,40,41)/t17-,21?,22?,26?,27?/m0/s1. The highest BCUT2D eigenvalue weighted by Gasteiger charge is 2.43. The summed E-state index contributed by atoms with van der Waals surface area (Å²) in [5, 5.41) is 18.4. The molecule has 0 saturated carbocycles. The minimum absolute atomic E-state index is 0.162. The summed E-state index contributed by atoms with van der Waals surface area (Å²) in [6.45, 7) is 4.88. The molecule has 1 heterocycles. The second kappa shape index (κ2) is 15.1. The van der Waals surface area contributed by atoms with E-state index in [0.29, 0.717) is 6.42 Å². The lowest BCUT2D eigenvalue weighted by molar-refractivity contribution is -0.143. The predicted octanol–water partition coefficient (Wildman–Crippen LogP) is -0.120. The van der Waals surface area contributed by atoms with Crippen LogP contribution in [0.3, 0.4) is 0 Å². The normalized spacial score (nSPS) is 18.1. The number of aliphatic carboxylic acids is 1. The van der Waals surface area contributed by atoms with Crippen LogP contribution in [0.4, 0.5) is 0 Å². The van der Waals surface area contributed by atoms with E-state index in [2.05, 4.69) is 16.0 Å². The highest BCUT2D eigenvalue weighted by Crippen LogP contribution is 2.36. The number of benzene rings is 2. The summed E-state index contributed by atoms with van der Waals surface area (Å²) in [6, 6.07) is 8.47. The van der Waals surface area contributed by atoms with E-state index in [1.807, 2.05) is 42.5 Å². The number of likely N-dealkylation sites (tertiary alicyclic amines) is 1. The third-order valence-electron chi connectivity index (χ3n) is 7.80. The van der Waals surface area contributed by atoms with Crippen molar-refractivity contribution in [1.29, 1.82) is 0 Å². The number of amides is 6. The van der Waals surface area contributed by atoms with Crippen LogP contribution < -0.4 is 27.4 Å². The monoisotopic (exact) mass is 624 g/mol. The summed E-state index contributed by atoms with van der Waals surface area (Å²) >= 11 is 0. The number of nitrogens with zero attached hydrogens (tertiary/aromatic N) is 1. The molecule has 3 rings (SSSR count). The molecule has 1 aliphatic rings. The number of primary amides is 2. The van der Waals surface area contributed by atoms with Gasteiger partial charge in [-0.05, 0) is 35.6 Å². The molecule has 45 heavy (non-hydrogen) atoms. The zero-order chi connectivity index (χ0) is 33.4. The Kier molecular flexibility index (Phi) is 11.6. The Bertz CT molecular complexity index is 1480. The van der Waals surface area contributed by atoms with Gasteiger partial charge < -0.3 is 37.4 Å². The third kappa shape index (κ3) is 9.00. The van der Waals surface area contributed by atoms with Crippen molar-refractivity contribution in [2.24, 2.45) is 17.4 Å². The van der Waals surface area contributed by atoms with Gasteiger partial charge in [-0.2, -0.15) is 0 Å². The second-order valence-electron chi connectivity index (χ2n) is 11.5. The van der Waals surface area contributed by atoms with Gasteiger partial charge in [0.2, 0.25) is 35.4 Å². The Labute approximate surface area is 260 Å². The van der Waals surface area contributed by atoms with Crippen LogP contribution >= 0.6 is 0 Å². The molecule has 14 heteroatoms. The molecular formula is C31H40N6O8. The first-order valence-electron chi connectivity index (χ1n) is 14.7. The fourth-order valence-electron chi connectivity index (χ4n) is 5.43. The Balaban J connectivity index is 1.86. The molecule has 6 amide bonds. The number of hydrogen-bond donors (Lipinski definition) is 6. The summed E-state index contributed by atoms with van der Waals surface area (Å²) in [4.78, 5) is 89.0. The summed E-state index contributed by atoms with van der Waals surface area (Å²) in [6.07, 6.45) is -0.980. The molecule has 0 radical (unpaired) electrons. The van der Waals surface area contributed by atoms with Crippen molar-refractivity contribution in [3.05, 3.63) is 48.0 Å². The molecule has 0 aliphatic carbocycles. The van der Waals surface area contributed by atoms with Crippen LogP contribution in [0.2, 0.25) is 0 Å². The molecule has 0 aromatic heterocycles. The fourth-order valence-corrected chi connectivity index (χ4v) is 5.43. The number of fused-ring (bicyclic) bond motifs is 1. The Morgan fingerprint density at radius 3 is 2.16 bits per heavy atom. The van der Waals surface area contributed by atoms with Crippen LogP contribution in [-0.4, -0.2) is 82.1 Å². The predicted molar refractivity (Wildman–Crippen MR) is 163 cm³/mol. The van der Waals surface area contributed by atoms with Crippen molar-refractivity contribution >= 4 is 52.2 Å². The first-order chi connectivity index (χ1) is 21.2. The lowest BCUT2D eigenvalue weighted by Crippen LogP contribution is -2.58. The van der Waals surface area contributed by atoms with Gasteiger partial charge in [-0.1, -0.05) is 56.3 Å². The van der Waals surface area contributed by atoms with Crippen LogP contribution in [0.15, 0.2) is 42.5 Å². The zero-order valence-electron chi connectivity index (χ0n) is 25.4. The highest BCUT2D eigenvalue weighted by molar-refractivity contribution is 5.98. The summed E-state index contributed by atoms with van der Waals surface area (Å²) in [5.41, 5.74) is 11.5. The number of carboxylic acid groups (broad SMARTS) is 1. The van der Waals surface area contributed by atoms with Crippen LogP contribution in [0, 0.1) is 5.92 Å². The molecule has 242 valence electrons. The van der Waals surface area contributed by atoms with E-state index in [4.69, 9.17) is 16.6 Å². The smallest absolute Gasteiger partial charge is 0.303 e. The number of nitrogens with two attached hydrogens (primary N) is 2. The van der Waals surface area contributed by atoms with Crippen molar-refractivity contribution in [1.82, 2.24) is 20.9 Å². The summed E-state index contributed by atoms with van der Waals surface area (Å²) < 4.78 is 0. The largest absolute Gasteiger partial charge is 0.481 e. The van der Waals surface area contributed by atoms with E-state index in [1.165, 1.54) is 11.8 Å². The summed E-state index contributed by atoms with van der Waals surface area (Å²) in [7, 11) is 0. The van der Waals surface area contributed by atoms with Gasteiger partial charge in [0.1, 0.15) is 24.2 Å². The van der Waals surface area contributed by atoms with Crippen molar-refractivity contribution in [2.45, 2.75) is 76.5 Å². The molecule has 5 atom stereocenters. The van der Waals surface area contributed by atoms with Gasteiger partial charge in [0.15, 0.2) is 0 Å². The Hall–Kier alpha value is -5.01. The van der Waals surface area contributed by atoms with Gasteiger partial charge in [-0.3, -0.25) is 33.6 Å². The van der Waals surface area contributed by atoms with Gasteiger partial charge in [0.05, 0.1) is 12.8 Å². The molecule has 2 aromatic rings. The highest BCUT2D eigenvalue weighted by atomic mass is 16.4. The summed E-state index contributed by atoms with van der Waals surface area (Å²) in [5.74, 6) is -6.56. The van der Waals surface area contributed by atoms with Crippen molar-refractivity contribution in [3.63, 3.8) is 0 Å². The lowest BCUT2D eigenvalue weighted by Gasteiger charge is -2.30. The van der Waals surface area contributed by atoms with Crippen LogP contribution in [0.5, 0.6) is 0 Å². The Morgan fingerprint density at radius 1 is 0.889 bits per heavy atom. The molecule has 14 nitrogen and oxygen atoms in total. The van der Waals surface area contributed by atoms with E-state index in [-0.39, 0.29) is 18.9 Å². The zero-order valence-corrected chi connectivity index (χ0v) is 25.4. The average Bonchev–Trinajstić information content (AvgIpc) is 3.42. The molecule has 1 saturated heterocycles. The maximum absolute atomic E-state index is 13.9. The number of hydrogen-bond acceptors (Lipinski definition) is 7. The van der Waals surface area contributed by atoms with E-state index < -0.39 is 84.3 Å². The van der Waals surface area contributed by atoms with E-state index in [0.717, 1.165) is 16.3 Å². The van der Waals surface area contributed by atoms with Gasteiger partial charge in [-0.15, -0.1) is 0 Å². The lowest BCUT2D eigenvalue weighted by atomic mass is 9.89. The van der Waals surface area contributed by atoms with Crippen molar-refractivity contribution in [3.8, 4) is 0 Å². The van der Waals surface area contributed by atoms with Crippen molar-refractivity contribution in [2.75, 3.05) is 6.54 Å². The molecular weight excluding hydrogens is 584 g/mol. The third-order valence-corrected chi connectivity index (χ3v) is 7.80. The van der Waals surface area contributed by atoms with E-state index >= 15 is 0 Å². The van der Waals surface area contributed by atoms with Gasteiger partial charge in [0.25, 0.3) is 0 Å². The van der Waals surface area contributed by atoms with Gasteiger partial charge >= 0.3 is 5.97 Å². The molecule has 2 aromatic carbocycles. The second-order valence-corrected chi connectivity index (χ2v) is 11.5. The minimum atomic E-state index is -1.50. The Morgan fingerprint density at radius 2 is 1.56 bits per heavy atom. The fraction of sp³-hybridized carbons (Fsp3) is 0.452. The maximum Gasteiger partial charge on any atom is 0.303 e. The molecule has 0 spiro atoms.